The zero-order valence-electron chi connectivity index (χ0n) is 10.6. The Hall–Kier alpha value is -1.56. The van der Waals surface area contributed by atoms with Crippen molar-refractivity contribution >= 4 is 5.69 Å². The summed E-state index contributed by atoms with van der Waals surface area (Å²) in [5, 5.41) is 0. The predicted octanol–water partition coefficient (Wildman–Crippen LogP) is 0.0387. The molecule has 0 aromatic carbocycles. The van der Waals surface area contributed by atoms with Gasteiger partial charge in [0.2, 0.25) is 0 Å². The van der Waals surface area contributed by atoms with Crippen molar-refractivity contribution in [3.8, 4) is 0 Å². The minimum atomic E-state index is -0.390. The summed E-state index contributed by atoms with van der Waals surface area (Å²) in [7, 11) is 0. The molecule has 6 heteroatoms. The molecule has 0 bridgehead atoms. The standard InChI is InChI=1S/C12H19N3O3/c1-2-4-14-7-10(13)11(16)15(12(14)17)6-9-3-5-18-8-9/h7,9H,2-6,8,13H2,1H3. The van der Waals surface area contributed by atoms with Crippen molar-refractivity contribution in [2.75, 3.05) is 18.9 Å². The maximum atomic E-state index is 12.1. The van der Waals surface area contributed by atoms with Crippen molar-refractivity contribution < 1.29 is 4.74 Å². The number of aromatic nitrogens is 2. The molecule has 18 heavy (non-hydrogen) atoms. The fraction of sp³-hybridized carbons (Fsp3) is 0.667. The lowest BCUT2D eigenvalue weighted by atomic mass is 10.1. The highest BCUT2D eigenvalue weighted by Gasteiger charge is 2.19. The second kappa shape index (κ2) is 5.39. The number of nitrogens with zero attached hydrogens (tertiary/aromatic N) is 2. The lowest BCUT2D eigenvalue weighted by molar-refractivity contribution is 0.181. The second-order valence-electron chi connectivity index (χ2n) is 4.71. The van der Waals surface area contributed by atoms with Gasteiger partial charge in [0, 0.05) is 31.8 Å². The molecule has 1 aromatic rings. The van der Waals surface area contributed by atoms with E-state index in [2.05, 4.69) is 0 Å². The zero-order valence-corrected chi connectivity index (χ0v) is 10.6. The van der Waals surface area contributed by atoms with E-state index in [1.807, 2.05) is 6.92 Å². The van der Waals surface area contributed by atoms with Gasteiger partial charge in [0.25, 0.3) is 5.56 Å². The molecule has 2 rings (SSSR count). The van der Waals surface area contributed by atoms with Crippen molar-refractivity contribution in [2.45, 2.75) is 32.9 Å². The van der Waals surface area contributed by atoms with Gasteiger partial charge in [-0.15, -0.1) is 0 Å². The van der Waals surface area contributed by atoms with Crippen LogP contribution in [0.4, 0.5) is 5.69 Å². The first kappa shape index (κ1) is 12.9. The summed E-state index contributed by atoms with van der Waals surface area (Å²) < 4.78 is 8.01. The van der Waals surface area contributed by atoms with Gasteiger partial charge in [0.05, 0.1) is 6.61 Å². The van der Waals surface area contributed by atoms with Gasteiger partial charge in [0.15, 0.2) is 0 Å². The Balaban J connectivity index is 2.37. The van der Waals surface area contributed by atoms with Crippen LogP contribution in [0.2, 0.25) is 0 Å². The molecule has 1 aromatic heterocycles. The highest BCUT2D eigenvalue weighted by atomic mass is 16.5. The van der Waals surface area contributed by atoms with E-state index in [9.17, 15) is 9.59 Å². The van der Waals surface area contributed by atoms with Crippen LogP contribution in [-0.4, -0.2) is 22.3 Å². The van der Waals surface area contributed by atoms with Crippen molar-refractivity contribution in [3.63, 3.8) is 0 Å². The molecule has 100 valence electrons. The fourth-order valence-corrected chi connectivity index (χ4v) is 2.22. The number of anilines is 1. The molecule has 0 spiro atoms. The van der Waals surface area contributed by atoms with Crippen molar-refractivity contribution in [2.24, 2.45) is 5.92 Å². The van der Waals surface area contributed by atoms with E-state index < -0.39 is 0 Å². The first-order valence-corrected chi connectivity index (χ1v) is 6.31. The summed E-state index contributed by atoms with van der Waals surface area (Å²) >= 11 is 0. The van der Waals surface area contributed by atoms with E-state index >= 15 is 0 Å². The third-order valence-electron chi connectivity index (χ3n) is 3.19. The van der Waals surface area contributed by atoms with Crippen LogP contribution in [0.1, 0.15) is 19.8 Å². The smallest absolute Gasteiger partial charge is 0.331 e. The Morgan fingerprint density at radius 3 is 2.89 bits per heavy atom. The van der Waals surface area contributed by atoms with Gasteiger partial charge in [-0.05, 0) is 12.8 Å². The number of ether oxygens (including phenoxy) is 1. The SMILES string of the molecule is CCCn1cc(N)c(=O)n(CC2CCOC2)c1=O. The molecule has 1 aliphatic heterocycles. The number of aryl methyl sites for hydroxylation is 1. The van der Waals surface area contributed by atoms with Gasteiger partial charge in [-0.2, -0.15) is 0 Å². The molecule has 0 saturated carbocycles. The quantitative estimate of drug-likeness (QED) is 0.821. The Morgan fingerprint density at radius 1 is 1.50 bits per heavy atom. The van der Waals surface area contributed by atoms with E-state index in [4.69, 9.17) is 10.5 Å². The van der Waals surface area contributed by atoms with Crippen LogP contribution in [0.15, 0.2) is 15.8 Å². The van der Waals surface area contributed by atoms with Crippen LogP contribution in [0, 0.1) is 5.92 Å². The molecule has 1 fully saturated rings. The van der Waals surface area contributed by atoms with E-state index in [0.717, 1.165) is 12.8 Å². The third-order valence-corrected chi connectivity index (χ3v) is 3.19. The van der Waals surface area contributed by atoms with Gasteiger partial charge in [-0.25, -0.2) is 4.79 Å². The molecule has 1 unspecified atom stereocenters. The summed E-state index contributed by atoms with van der Waals surface area (Å²) in [5.74, 6) is 0.229. The Bertz CT molecular complexity index is 526. The minimum Gasteiger partial charge on any atom is -0.393 e. The first-order valence-electron chi connectivity index (χ1n) is 6.31. The van der Waals surface area contributed by atoms with E-state index in [-0.39, 0.29) is 22.9 Å². The average molecular weight is 253 g/mol. The molecule has 2 N–H and O–H groups in total. The molecule has 0 radical (unpaired) electrons. The molecule has 0 aliphatic carbocycles. The maximum absolute atomic E-state index is 12.1. The van der Waals surface area contributed by atoms with Crippen molar-refractivity contribution in [1.29, 1.82) is 0 Å². The zero-order chi connectivity index (χ0) is 13.1. The molecule has 0 amide bonds. The largest absolute Gasteiger partial charge is 0.393 e. The molecule has 1 aliphatic rings. The van der Waals surface area contributed by atoms with E-state index in [1.54, 1.807) is 0 Å². The third kappa shape index (κ3) is 2.48. The Kier molecular flexibility index (Phi) is 3.86. The summed E-state index contributed by atoms with van der Waals surface area (Å²) in [6.45, 7) is 4.25. The lowest BCUT2D eigenvalue weighted by Crippen LogP contribution is -2.42. The fourth-order valence-electron chi connectivity index (χ4n) is 2.22. The summed E-state index contributed by atoms with van der Waals surface area (Å²) in [6.07, 6.45) is 3.15. The average Bonchev–Trinajstić information content (AvgIpc) is 2.85. The van der Waals surface area contributed by atoms with Crippen molar-refractivity contribution in [1.82, 2.24) is 9.13 Å². The molecule has 2 heterocycles. The number of nitrogens with two attached hydrogens (primary N) is 1. The van der Waals surface area contributed by atoms with Crippen molar-refractivity contribution in [3.05, 3.63) is 27.0 Å². The number of rotatable bonds is 4. The van der Waals surface area contributed by atoms with Gasteiger partial charge in [-0.1, -0.05) is 6.92 Å². The normalized spacial score (nSPS) is 19.3. The molecule has 1 atom stereocenters. The first-order chi connectivity index (χ1) is 8.63. The van der Waals surface area contributed by atoms with Gasteiger partial charge in [0.1, 0.15) is 5.69 Å². The van der Waals surface area contributed by atoms with E-state index in [1.165, 1.54) is 15.3 Å². The van der Waals surface area contributed by atoms with Gasteiger partial charge >= 0.3 is 5.69 Å². The number of hydrogen-bond donors (Lipinski definition) is 1. The van der Waals surface area contributed by atoms with Crippen LogP contribution in [0.3, 0.4) is 0 Å². The van der Waals surface area contributed by atoms with E-state index in [0.29, 0.717) is 26.3 Å². The van der Waals surface area contributed by atoms with Crippen LogP contribution < -0.4 is 17.0 Å². The maximum Gasteiger partial charge on any atom is 0.331 e. The minimum absolute atomic E-state index is 0.127. The van der Waals surface area contributed by atoms with Crippen LogP contribution in [0.5, 0.6) is 0 Å². The number of nitrogen functional groups attached to an aromatic ring is 1. The van der Waals surface area contributed by atoms with Crippen LogP contribution in [-0.2, 0) is 17.8 Å². The molecule has 1 saturated heterocycles. The monoisotopic (exact) mass is 253 g/mol. The second-order valence-corrected chi connectivity index (χ2v) is 4.71. The van der Waals surface area contributed by atoms with Crippen LogP contribution >= 0.6 is 0 Å². The summed E-state index contributed by atoms with van der Waals surface area (Å²) in [5.41, 5.74) is 5.13. The molecular weight excluding hydrogens is 234 g/mol. The number of hydrogen-bond acceptors (Lipinski definition) is 4. The highest BCUT2D eigenvalue weighted by molar-refractivity contribution is 5.30. The topological polar surface area (TPSA) is 79.2 Å². The predicted molar refractivity (Wildman–Crippen MR) is 68.6 cm³/mol. The molecule has 6 nitrogen and oxygen atoms in total. The van der Waals surface area contributed by atoms with Crippen LogP contribution in [0.25, 0.3) is 0 Å². The molecular formula is C12H19N3O3. The summed E-state index contributed by atoms with van der Waals surface area (Å²) in [4.78, 5) is 24.1. The summed E-state index contributed by atoms with van der Waals surface area (Å²) in [6, 6.07) is 0. The Morgan fingerprint density at radius 2 is 2.28 bits per heavy atom. The van der Waals surface area contributed by atoms with Gasteiger partial charge in [-0.3, -0.25) is 13.9 Å². The Labute approximate surface area is 105 Å². The highest BCUT2D eigenvalue weighted by Crippen LogP contribution is 2.13. The van der Waals surface area contributed by atoms with Gasteiger partial charge < -0.3 is 10.5 Å². The lowest BCUT2D eigenvalue weighted by Gasteiger charge is -2.13.